The second kappa shape index (κ2) is 4.44. The number of fused-ring (bicyclic) bond motifs is 2. The van der Waals surface area contributed by atoms with Crippen molar-refractivity contribution in [3.8, 4) is 0 Å². The molecule has 0 heterocycles. The Morgan fingerprint density at radius 2 is 1.19 bits per heavy atom. The van der Waals surface area contributed by atoms with E-state index in [-0.39, 0.29) is 25.9 Å². The fraction of sp³-hybridized carbons (Fsp3) is 0.0667. The maximum absolute atomic E-state index is 2.26. The van der Waals surface area contributed by atoms with Crippen LogP contribution in [-0.4, -0.2) is 23.1 Å². The first-order valence-electron chi connectivity index (χ1n) is 5.23. The Balaban J connectivity index is 0.000000963. The Kier molecular flexibility index (Phi) is 3.17. The van der Waals surface area contributed by atoms with Gasteiger partial charge in [-0.1, -0.05) is 48.5 Å². The number of hydrogen-bond donors (Lipinski definition) is 0. The van der Waals surface area contributed by atoms with Gasteiger partial charge in [-0.2, -0.15) is 0 Å². The minimum Gasteiger partial charge on any atom is -1.00 e. The molecule has 0 N–H and O–H groups in total. The zero-order chi connectivity index (χ0) is 10.3. The third kappa shape index (κ3) is 1.70. The van der Waals surface area contributed by atoms with E-state index >= 15 is 0 Å². The van der Waals surface area contributed by atoms with Crippen molar-refractivity contribution in [2.24, 2.45) is 0 Å². The van der Waals surface area contributed by atoms with Crippen molar-refractivity contribution in [3.05, 3.63) is 60.2 Å². The molecule has 1 heteroatoms. The van der Waals surface area contributed by atoms with Gasteiger partial charge in [-0.05, 0) is 40.1 Å². The molecule has 0 nitrogen and oxygen atoms in total. The Morgan fingerprint density at radius 3 is 1.69 bits per heavy atom. The van der Waals surface area contributed by atoms with Crippen molar-refractivity contribution in [2.75, 3.05) is 0 Å². The van der Waals surface area contributed by atoms with Crippen LogP contribution in [0.1, 0.15) is 8.42 Å². The van der Waals surface area contributed by atoms with Crippen LogP contribution in [0.4, 0.5) is 0 Å². The fourth-order valence-electron chi connectivity index (χ4n) is 2.24. The molecule has 76 valence electrons. The maximum atomic E-state index is 2.26. The van der Waals surface area contributed by atoms with Crippen LogP contribution in [0.25, 0.3) is 21.5 Å². The molecule has 3 aromatic rings. The SMILES string of the molecule is Cc1c2ccccc2cc2ccccc12.[H-].[H-].[Mg+2]. The van der Waals surface area contributed by atoms with Crippen molar-refractivity contribution in [3.63, 3.8) is 0 Å². The first-order valence-corrected chi connectivity index (χ1v) is 5.23. The summed E-state index contributed by atoms with van der Waals surface area (Å²) in [6.45, 7) is 2.20. The van der Waals surface area contributed by atoms with Crippen LogP contribution in [0.3, 0.4) is 0 Å². The molecule has 0 radical (unpaired) electrons. The van der Waals surface area contributed by atoms with E-state index in [1.165, 1.54) is 27.1 Å². The third-order valence-corrected chi connectivity index (χ3v) is 3.04. The smallest absolute Gasteiger partial charge is 1.00 e. The Labute approximate surface area is 114 Å². The quantitative estimate of drug-likeness (QED) is 0.393. The van der Waals surface area contributed by atoms with Gasteiger partial charge in [-0.25, -0.2) is 0 Å². The van der Waals surface area contributed by atoms with E-state index in [1.54, 1.807) is 0 Å². The average Bonchev–Trinajstić information content (AvgIpc) is 2.30. The summed E-state index contributed by atoms with van der Waals surface area (Å²) in [4.78, 5) is 0. The summed E-state index contributed by atoms with van der Waals surface area (Å²) in [5, 5.41) is 5.37. The van der Waals surface area contributed by atoms with Crippen molar-refractivity contribution in [1.29, 1.82) is 0 Å². The summed E-state index contributed by atoms with van der Waals surface area (Å²) in [7, 11) is 0. The topological polar surface area (TPSA) is 0 Å². The molecule has 0 saturated heterocycles. The van der Waals surface area contributed by atoms with Crippen LogP contribution in [-0.2, 0) is 0 Å². The van der Waals surface area contributed by atoms with Gasteiger partial charge < -0.3 is 2.85 Å². The van der Waals surface area contributed by atoms with Gasteiger partial charge in [-0.15, -0.1) is 0 Å². The molecular formula is C15H14Mg. The molecule has 0 aliphatic heterocycles. The summed E-state index contributed by atoms with van der Waals surface area (Å²) in [5.74, 6) is 0. The van der Waals surface area contributed by atoms with Crippen LogP contribution >= 0.6 is 0 Å². The fourth-order valence-corrected chi connectivity index (χ4v) is 2.24. The van der Waals surface area contributed by atoms with Gasteiger partial charge in [-0.3, -0.25) is 0 Å². The molecule has 0 saturated carbocycles. The summed E-state index contributed by atoms with van der Waals surface area (Å²) >= 11 is 0. The van der Waals surface area contributed by atoms with Crippen LogP contribution in [0.5, 0.6) is 0 Å². The molecule has 0 atom stereocenters. The molecular weight excluding hydrogens is 204 g/mol. The van der Waals surface area contributed by atoms with E-state index in [9.17, 15) is 0 Å². The summed E-state index contributed by atoms with van der Waals surface area (Å²) in [6.07, 6.45) is 0. The molecule has 0 spiro atoms. The van der Waals surface area contributed by atoms with Gasteiger partial charge in [0, 0.05) is 0 Å². The molecule has 3 rings (SSSR count). The summed E-state index contributed by atoms with van der Waals surface area (Å²) in [5.41, 5.74) is 1.38. The largest absolute Gasteiger partial charge is 2.00 e. The van der Waals surface area contributed by atoms with Gasteiger partial charge in [0.2, 0.25) is 0 Å². The molecule has 0 aliphatic carbocycles. The van der Waals surface area contributed by atoms with E-state index < -0.39 is 0 Å². The van der Waals surface area contributed by atoms with Gasteiger partial charge in [0.15, 0.2) is 0 Å². The predicted molar refractivity (Wildman–Crippen MR) is 74.2 cm³/mol. The number of aryl methyl sites for hydroxylation is 1. The van der Waals surface area contributed by atoms with E-state index in [0.29, 0.717) is 0 Å². The van der Waals surface area contributed by atoms with Crippen molar-refractivity contribution < 1.29 is 2.85 Å². The molecule has 0 unspecified atom stereocenters. The number of hydrogen-bond acceptors (Lipinski definition) is 0. The molecule has 0 aliphatic rings. The maximum Gasteiger partial charge on any atom is 2.00 e. The monoisotopic (exact) mass is 218 g/mol. The normalized spacial score (nSPS) is 10.3. The first-order chi connectivity index (χ1) is 7.36. The second-order valence-corrected chi connectivity index (χ2v) is 3.94. The molecule has 3 aromatic carbocycles. The van der Waals surface area contributed by atoms with E-state index in [2.05, 4.69) is 61.5 Å². The van der Waals surface area contributed by atoms with Gasteiger partial charge in [0.05, 0.1) is 0 Å². The van der Waals surface area contributed by atoms with Gasteiger partial charge in [0.25, 0.3) is 0 Å². The predicted octanol–water partition coefficient (Wildman–Crippen LogP) is 4.15. The van der Waals surface area contributed by atoms with Gasteiger partial charge >= 0.3 is 23.1 Å². The second-order valence-electron chi connectivity index (χ2n) is 3.94. The van der Waals surface area contributed by atoms with Crippen molar-refractivity contribution >= 4 is 44.6 Å². The zero-order valence-electron chi connectivity index (χ0n) is 11.4. The molecule has 0 bridgehead atoms. The van der Waals surface area contributed by atoms with Crippen molar-refractivity contribution in [1.82, 2.24) is 0 Å². The van der Waals surface area contributed by atoms with Gasteiger partial charge in [0.1, 0.15) is 0 Å². The average molecular weight is 219 g/mol. The van der Waals surface area contributed by atoms with Crippen LogP contribution in [0.2, 0.25) is 0 Å². The minimum absolute atomic E-state index is 0. The third-order valence-electron chi connectivity index (χ3n) is 3.04. The zero-order valence-corrected chi connectivity index (χ0v) is 10.8. The van der Waals surface area contributed by atoms with E-state index in [0.717, 1.165) is 0 Å². The minimum atomic E-state index is 0. The van der Waals surface area contributed by atoms with Crippen LogP contribution in [0, 0.1) is 6.92 Å². The Hall–Kier alpha value is -1.05. The Morgan fingerprint density at radius 1 is 0.750 bits per heavy atom. The van der Waals surface area contributed by atoms with E-state index in [4.69, 9.17) is 0 Å². The molecule has 16 heavy (non-hydrogen) atoms. The first kappa shape index (κ1) is 11.4. The standard InChI is InChI=1S/C15H12.Mg.2H/c1-11-14-8-4-2-6-12(14)10-13-7-3-5-9-15(11)13;;;/h2-10H,1H3;;;/q;+2;2*-1. The number of rotatable bonds is 0. The van der Waals surface area contributed by atoms with Crippen LogP contribution in [0.15, 0.2) is 54.6 Å². The van der Waals surface area contributed by atoms with Crippen molar-refractivity contribution in [2.45, 2.75) is 6.92 Å². The van der Waals surface area contributed by atoms with Crippen LogP contribution < -0.4 is 0 Å². The summed E-state index contributed by atoms with van der Waals surface area (Å²) in [6, 6.07) is 19.4. The summed E-state index contributed by atoms with van der Waals surface area (Å²) < 4.78 is 0. The van der Waals surface area contributed by atoms with E-state index in [1.807, 2.05) is 0 Å². The number of benzene rings is 3. The molecule has 0 aromatic heterocycles. The molecule has 0 fully saturated rings. The Bertz CT molecular complexity index is 596. The molecule has 0 amide bonds.